The summed E-state index contributed by atoms with van der Waals surface area (Å²) in [5, 5.41) is 15.2. The van der Waals surface area contributed by atoms with Crippen LogP contribution in [-0.4, -0.2) is 11.7 Å². The molecule has 122 valence electrons. The van der Waals surface area contributed by atoms with Crippen LogP contribution in [0, 0.1) is 11.1 Å². The number of amides is 1. The lowest BCUT2D eigenvalue weighted by molar-refractivity contribution is -0.645. The van der Waals surface area contributed by atoms with Crippen LogP contribution in [0.3, 0.4) is 0 Å². The van der Waals surface area contributed by atoms with E-state index in [2.05, 4.69) is 19.2 Å². The van der Waals surface area contributed by atoms with Gasteiger partial charge in [-0.1, -0.05) is 44.2 Å². The van der Waals surface area contributed by atoms with Gasteiger partial charge in [0.25, 0.3) is 5.03 Å². The molecule has 5 heteroatoms. The van der Waals surface area contributed by atoms with Gasteiger partial charge in [0.1, 0.15) is 0 Å². The van der Waals surface area contributed by atoms with E-state index in [0.717, 1.165) is 16.7 Å². The molecule has 1 heterocycles. The molecule has 23 heavy (non-hydrogen) atoms. The van der Waals surface area contributed by atoms with Crippen molar-refractivity contribution in [3.05, 3.63) is 65.5 Å². The van der Waals surface area contributed by atoms with Gasteiger partial charge in [0.2, 0.25) is 5.91 Å². The number of pyridine rings is 1. The van der Waals surface area contributed by atoms with Crippen LogP contribution >= 0.6 is 11.8 Å². The molecule has 0 bridgehead atoms. The number of nitrogens with zero attached hydrogens (tertiary/aromatic N) is 1. The molecule has 4 nitrogen and oxygen atoms in total. The van der Waals surface area contributed by atoms with Gasteiger partial charge in [-0.25, -0.2) is 0 Å². The van der Waals surface area contributed by atoms with E-state index in [1.807, 2.05) is 30.3 Å². The van der Waals surface area contributed by atoms with Crippen LogP contribution < -0.4 is 10.0 Å². The lowest BCUT2D eigenvalue weighted by Gasteiger charge is -2.21. The van der Waals surface area contributed by atoms with Gasteiger partial charge in [-0.15, -0.1) is 0 Å². The highest BCUT2D eigenvalue weighted by atomic mass is 32.2. The second-order valence-electron chi connectivity index (χ2n) is 5.81. The third-order valence-electron chi connectivity index (χ3n) is 3.38. The number of thioether (sulfide) groups is 1. The first kappa shape index (κ1) is 17.3. The number of carbonyl (C=O) groups excluding carboxylic acids is 1. The summed E-state index contributed by atoms with van der Waals surface area (Å²) in [5.74, 6) is 0.646. The SMILES string of the molecule is CC(C)C[C@@H](NC(=O)CSc1cccc[n+]1[O-])c1ccccc1. The van der Waals surface area contributed by atoms with Crippen LogP contribution in [0.1, 0.15) is 31.9 Å². The van der Waals surface area contributed by atoms with Gasteiger partial charge in [0, 0.05) is 12.1 Å². The first-order valence-electron chi connectivity index (χ1n) is 7.71. The Labute approximate surface area is 141 Å². The molecule has 0 aliphatic carbocycles. The maximum atomic E-state index is 12.2. The number of hydrogen-bond acceptors (Lipinski definition) is 3. The van der Waals surface area contributed by atoms with Gasteiger partial charge in [0.15, 0.2) is 6.20 Å². The summed E-state index contributed by atoms with van der Waals surface area (Å²) in [6.07, 6.45) is 2.32. The summed E-state index contributed by atoms with van der Waals surface area (Å²) < 4.78 is 0.779. The number of carbonyl (C=O) groups is 1. The van der Waals surface area contributed by atoms with Gasteiger partial charge in [0.05, 0.1) is 11.8 Å². The van der Waals surface area contributed by atoms with E-state index in [-0.39, 0.29) is 17.7 Å². The minimum Gasteiger partial charge on any atom is -0.618 e. The second kappa shape index (κ2) is 8.58. The summed E-state index contributed by atoms with van der Waals surface area (Å²) in [6, 6.07) is 15.2. The number of aromatic nitrogens is 1. The number of rotatable bonds is 7. The molecule has 0 saturated carbocycles. The quantitative estimate of drug-likeness (QED) is 0.481. The molecule has 0 fully saturated rings. The fraction of sp³-hybridized carbons (Fsp3) is 0.333. The largest absolute Gasteiger partial charge is 0.618 e. The van der Waals surface area contributed by atoms with Crippen molar-refractivity contribution in [1.82, 2.24) is 5.32 Å². The molecule has 0 spiro atoms. The topological polar surface area (TPSA) is 56.0 Å². The molecule has 1 atom stereocenters. The monoisotopic (exact) mass is 330 g/mol. The highest BCUT2D eigenvalue weighted by molar-refractivity contribution is 7.99. The van der Waals surface area contributed by atoms with Crippen LogP contribution in [0.15, 0.2) is 59.8 Å². The zero-order chi connectivity index (χ0) is 16.7. The number of benzene rings is 1. The van der Waals surface area contributed by atoms with Crippen molar-refractivity contribution in [2.75, 3.05) is 5.75 Å². The van der Waals surface area contributed by atoms with E-state index >= 15 is 0 Å². The van der Waals surface area contributed by atoms with Crippen LogP contribution in [0.25, 0.3) is 0 Å². The van der Waals surface area contributed by atoms with Crippen LogP contribution in [0.5, 0.6) is 0 Å². The van der Waals surface area contributed by atoms with E-state index in [4.69, 9.17) is 0 Å². The predicted molar refractivity (Wildman–Crippen MR) is 92.9 cm³/mol. The van der Waals surface area contributed by atoms with Crippen molar-refractivity contribution in [3.8, 4) is 0 Å². The van der Waals surface area contributed by atoms with E-state index < -0.39 is 0 Å². The van der Waals surface area contributed by atoms with Crippen LogP contribution in [0.2, 0.25) is 0 Å². The van der Waals surface area contributed by atoms with Crippen molar-refractivity contribution in [1.29, 1.82) is 0 Å². The minimum absolute atomic E-state index is 0.000511. The lowest BCUT2D eigenvalue weighted by Crippen LogP contribution is -2.32. The molecular weight excluding hydrogens is 308 g/mol. The number of hydrogen-bond donors (Lipinski definition) is 1. The molecule has 0 radical (unpaired) electrons. The Hall–Kier alpha value is -2.01. The molecule has 0 aliphatic rings. The summed E-state index contributed by atoms with van der Waals surface area (Å²) in [5.41, 5.74) is 1.11. The fourth-order valence-electron chi connectivity index (χ4n) is 2.33. The highest BCUT2D eigenvalue weighted by Crippen LogP contribution is 2.21. The highest BCUT2D eigenvalue weighted by Gasteiger charge is 2.17. The Morgan fingerprint density at radius 2 is 1.87 bits per heavy atom. The molecule has 1 aromatic carbocycles. The second-order valence-corrected chi connectivity index (χ2v) is 6.81. The van der Waals surface area contributed by atoms with Crippen molar-refractivity contribution in [3.63, 3.8) is 0 Å². The molecule has 2 rings (SSSR count). The third-order valence-corrected chi connectivity index (χ3v) is 4.40. The van der Waals surface area contributed by atoms with Gasteiger partial charge in [-0.2, -0.15) is 4.73 Å². The Balaban J connectivity index is 1.96. The Kier molecular flexibility index (Phi) is 6.47. The standard InChI is InChI=1S/C18H22N2O2S/c1-14(2)12-16(15-8-4-3-5-9-15)19-17(21)13-23-18-10-6-7-11-20(18)22/h3-11,14,16H,12-13H2,1-2H3,(H,19,21)/t16-/m1/s1. The Bertz CT molecular complexity index is 632. The Morgan fingerprint density at radius 3 is 2.52 bits per heavy atom. The molecule has 0 saturated heterocycles. The van der Waals surface area contributed by atoms with Gasteiger partial charge < -0.3 is 10.5 Å². The summed E-state index contributed by atoms with van der Waals surface area (Å²) in [6.45, 7) is 4.28. The van der Waals surface area contributed by atoms with Crippen LogP contribution in [-0.2, 0) is 4.79 Å². The van der Waals surface area contributed by atoms with Crippen LogP contribution in [0.4, 0.5) is 0 Å². The van der Waals surface area contributed by atoms with E-state index in [1.165, 1.54) is 18.0 Å². The lowest BCUT2D eigenvalue weighted by atomic mass is 9.97. The van der Waals surface area contributed by atoms with E-state index in [0.29, 0.717) is 10.9 Å². The van der Waals surface area contributed by atoms with E-state index in [9.17, 15) is 10.0 Å². The van der Waals surface area contributed by atoms with E-state index in [1.54, 1.807) is 18.2 Å². The summed E-state index contributed by atoms with van der Waals surface area (Å²) >= 11 is 1.25. The molecular formula is C18H22N2O2S. The molecule has 1 amide bonds. The fourth-order valence-corrected chi connectivity index (χ4v) is 3.06. The molecule has 1 N–H and O–H groups in total. The van der Waals surface area contributed by atoms with Crippen molar-refractivity contribution >= 4 is 17.7 Å². The molecule has 0 unspecified atom stereocenters. The maximum Gasteiger partial charge on any atom is 0.251 e. The third kappa shape index (κ3) is 5.60. The number of nitrogens with one attached hydrogen (secondary N) is 1. The normalized spacial score (nSPS) is 12.1. The zero-order valence-corrected chi connectivity index (χ0v) is 14.3. The van der Waals surface area contributed by atoms with Gasteiger partial charge in [-0.3, -0.25) is 4.79 Å². The predicted octanol–water partition coefficient (Wildman–Crippen LogP) is 3.32. The smallest absolute Gasteiger partial charge is 0.251 e. The first-order valence-corrected chi connectivity index (χ1v) is 8.70. The van der Waals surface area contributed by atoms with Crippen molar-refractivity contribution in [2.24, 2.45) is 5.92 Å². The van der Waals surface area contributed by atoms with Crippen molar-refractivity contribution in [2.45, 2.75) is 31.3 Å². The van der Waals surface area contributed by atoms with Gasteiger partial charge >= 0.3 is 0 Å². The maximum absolute atomic E-state index is 12.2. The Morgan fingerprint density at radius 1 is 1.17 bits per heavy atom. The minimum atomic E-state index is -0.0617. The zero-order valence-electron chi connectivity index (χ0n) is 13.4. The summed E-state index contributed by atoms with van der Waals surface area (Å²) in [4.78, 5) is 12.2. The molecule has 2 aromatic rings. The molecule has 1 aromatic heterocycles. The average molecular weight is 330 g/mol. The summed E-state index contributed by atoms with van der Waals surface area (Å²) in [7, 11) is 0. The van der Waals surface area contributed by atoms with Gasteiger partial charge in [-0.05, 0) is 35.7 Å². The molecule has 0 aliphatic heterocycles. The average Bonchev–Trinajstić information content (AvgIpc) is 2.54. The van der Waals surface area contributed by atoms with Crippen molar-refractivity contribution < 1.29 is 9.52 Å². The first-order chi connectivity index (χ1) is 11.1.